The number of hydrogen-bond donors (Lipinski definition) is 1. The van der Waals surface area contributed by atoms with Crippen molar-refractivity contribution >= 4 is 39.9 Å². The maximum atomic E-state index is 12.6. The fraction of sp³-hybridized carbons (Fsp3) is 0.217. The number of carbonyl (C=O) groups is 3. The summed E-state index contributed by atoms with van der Waals surface area (Å²) in [6, 6.07) is 14.1. The summed E-state index contributed by atoms with van der Waals surface area (Å²) in [7, 11) is 0. The Labute approximate surface area is 183 Å². The molecule has 1 fully saturated rings. The summed E-state index contributed by atoms with van der Waals surface area (Å²) < 4.78 is 5.47. The van der Waals surface area contributed by atoms with Crippen LogP contribution in [0.2, 0.25) is 0 Å². The van der Waals surface area contributed by atoms with Gasteiger partial charge in [0.05, 0.1) is 18.0 Å². The van der Waals surface area contributed by atoms with Crippen molar-refractivity contribution in [2.24, 2.45) is 0 Å². The van der Waals surface area contributed by atoms with Crippen LogP contribution in [-0.4, -0.2) is 29.3 Å². The molecule has 1 aliphatic rings. The Hall–Kier alpha value is -3.52. The lowest BCUT2D eigenvalue weighted by Gasteiger charge is -2.13. The standard InChI is InChI=1S/C23H21N3O4S/c1-3-30-18-10-6-15(7-11-18)21-14(2)31-23(24-21)25-22(29)16-4-8-17(9-5-16)26-19(27)12-13-20(26)28/h4-11H,3,12-13H2,1-2H3,(H,24,25,29). The van der Waals surface area contributed by atoms with Gasteiger partial charge >= 0.3 is 0 Å². The van der Waals surface area contributed by atoms with Crippen molar-refractivity contribution in [3.8, 4) is 17.0 Å². The summed E-state index contributed by atoms with van der Waals surface area (Å²) in [6.07, 6.45) is 0.447. The number of carbonyl (C=O) groups excluding carboxylic acids is 3. The number of aromatic nitrogens is 1. The average Bonchev–Trinajstić information content (AvgIpc) is 3.30. The van der Waals surface area contributed by atoms with E-state index in [4.69, 9.17) is 4.74 Å². The van der Waals surface area contributed by atoms with E-state index in [2.05, 4.69) is 10.3 Å². The van der Waals surface area contributed by atoms with Crippen molar-refractivity contribution in [1.82, 2.24) is 4.98 Å². The Balaban J connectivity index is 1.47. The Morgan fingerprint density at radius 2 is 1.71 bits per heavy atom. The van der Waals surface area contributed by atoms with E-state index in [1.165, 1.54) is 11.3 Å². The number of thiazole rings is 1. The van der Waals surface area contributed by atoms with Crippen molar-refractivity contribution in [1.29, 1.82) is 0 Å². The van der Waals surface area contributed by atoms with Crippen LogP contribution >= 0.6 is 11.3 Å². The van der Waals surface area contributed by atoms with E-state index in [9.17, 15) is 14.4 Å². The molecule has 3 aromatic rings. The molecule has 1 N–H and O–H groups in total. The van der Waals surface area contributed by atoms with Gasteiger partial charge in [0, 0.05) is 28.8 Å². The second-order valence-corrected chi connectivity index (χ2v) is 8.21. The van der Waals surface area contributed by atoms with Crippen molar-refractivity contribution in [3.63, 3.8) is 0 Å². The summed E-state index contributed by atoms with van der Waals surface area (Å²) in [5.41, 5.74) is 2.65. The first-order valence-electron chi connectivity index (χ1n) is 9.94. The summed E-state index contributed by atoms with van der Waals surface area (Å²) in [6.45, 7) is 4.50. The van der Waals surface area contributed by atoms with E-state index in [0.29, 0.717) is 23.0 Å². The zero-order valence-corrected chi connectivity index (χ0v) is 18.0. The predicted octanol–water partition coefficient (Wildman–Crippen LogP) is 4.42. The minimum absolute atomic E-state index is 0.220. The van der Waals surface area contributed by atoms with Crippen LogP contribution in [-0.2, 0) is 9.59 Å². The minimum atomic E-state index is -0.308. The lowest BCUT2D eigenvalue weighted by molar-refractivity contribution is -0.121. The number of aryl methyl sites for hydroxylation is 1. The quantitative estimate of drug-likeness (QED) is 0.579. The highest BCUT2D eigenvalue weighted by molar-refractivity contribution is 7.16. The van der Waals surface area contributed by atoms with Crippen LogP contribution in [0.15, 0.2) is 48.5 Å². The lowest BCUT2D eigenvalue weighted by Crippen LogP contribution is -2.28. The van der Waals surface area contributed by atoms with Crippen molar-refractivity contribution in [2.75, 3.05) is 16.8 Å². The fourth-order valence-corrected chi connectivity index (χ4v) is 4.22. The van der Waals surface area contributed by atoms with Crippen LogP contribution in [0.4, 0.5) is 10.8 Å². The number of anilines is 2. The molecule has 7 nitrogen and oxygen atoms in total. The van der Waals surface area contributed by atoms with E-state index in [1.807, 2.05) is 38.1 Å². The molecule has 158 valence electrons. The van der Waals surface area contributed by atoms with Crippen LogP contribution in [0, 0.1) is 6.92 Å². The van der Waals surface area contributed by atoms with Gasteiger partial charge in [0.1, 0.15) is 5.75 Å². The van der Waals surface area contributed by atoms with Gasteiger partial charge in [-0.25, -0.2) is 4.98 Å². The first kappa shape index (κ1) is 20.7. The van der Waals surface area contributed by atoms with Crippen LogP contribution < -0.4 is 15.0 Å². The average molecular weight is 436 g/mol. The molecular weight excluding hydrogens is 414 g/mol. The maximum absolute atomic E-state index is 12.6. The molecule has 0 radical (unpaired) electrons. The molecule has 31 heavy (non-hydrogen) atoms. The molecule has 1 aliphatic heterocycles. The molecular formula is C23H21N3O4S. The monoisotopic (exact) mass is 435 g/mol. The van der Waals surface area contributed by atoms with Gasteiger partial charge in [0.15, 0.2) is 5.13 Å². The molecule has 0 saturated carbocycles. The second-order valence-electron chi connectivity index (χ2n) is 7.01. The maximum Gasteiger partial charge on any atom is 0.257 e. The topological polar surface area (TPSA) is 88.6 Å². The van der Waals surface area contributed by atoms with Crippen molar-refractivity contribution < 1.29 is 19.1 Å². The third-order valence-electron chi connectivity index (χ3n) is 4.90. The Morgan fingerprint density at radius 3 is 2.32 bits per heavy atom. The highest BCUT2D eigenvalue weighted by Gasteiger charge is 2.30. The number of hydrogen-bond acceptors (Lipinski definition) is 6. The van der Waals surface area contributed by atoms with Crippen LogP contribution in [0.1, 0.15) is 35.0 Å². The van der Waals surface area contributed by atoms with Gasteiger partial charge < -0.3 is 4.74 Å². The van der Waals surface area contributed by atoms with E-state index in [0.717, 1.165) is 26.8 Å². The van der Waals surface area contributed by atoms with Crippen LogP contribution in [0.5, 0.6) is 5.75 Å². The molecule has 0 bridgehead atoms. The number of rotatable bonds is 6. The zero-order valence-electron chi connectivity index (χ0n) is 17.2. The van der Waals surface area contributed by atoms with Crippen LogP contribution in [0.25, 0.3) is 11.3 Å². The summed E-state index contributed by atoms with van der Waals surface area (Å²) in [4.78, 5) is 43.1. The van der Waals surface area contributed by atoms with Gasteiger partial charge in [-0.3, -0.25) is 24.6 Å². The Morgan fingerprint density at radius 1 is 1.06 bits per heavy atom. The zero-order chi connectivity index (χ0) is 22.0. The predicted molar refractivity (Wildman–Crippen MR) is 120 cm³/mol. The number of amides is 3. The molecule has 3 amide bonds. The molecule has 0 unspecified atom stereocenters. The van der Waals surface area contributed by atoms with Crippen LogP contribution in [0.3, 0.4) is 0 Å². The highest BCUT2D eigenvalue weighted by atomic mass is 32.1. The largest absolute Gasteiger partial charge is 0.494 e. The van der Waals surface area contributed by atoms with E-state index in [-0.39, 0.29) is 30.6 Å². The Kier molecular flexibility index (Phi) is 5.81. The van der Waals surface area contributed by atoms with Gasteiger partial charge in [-0.05, 0) is 62.4 Å². The fourth-order valence-electron chi connectivity index (χ4n) is 3.39. The molecule has 0 spiro atoms. The SMILES string of the molecule is CCOc1ccc(-c2nc(NC(=O)c3ccc(N4C(=O)CCC4=O)cc3)sc2C)cc1. The van der Waals surface area contributed by atoms with E-state index in [1.54, 1.807) is 24.3 Å². The molecule has 2 aromatic carbocycles. The molecule has 2 heterocycles. The molecule has 1 saturated heterocycles. The minimum Gasteiger partial charge on any atom is -0.494 e. The third kappa shape index (κ3) is 4.34. The number of nitrogens with one attached hydrogen (secondary N) is 1. The first-order valence-corrected chi connectivity index (χ1v) is 10.8. The van der Waals surface area contributed by atoms with Gasteiger partial charge in [-0.15, -0.1) is 11.3 Å². The number of nitrogens with zero attached hydrogens (tertiary/aromatic N) is 2. The van der Waals surface area contributed by atoms with Gasteiger partial charge in [-0.1, -0.05) is 0 Å². The number of benzene rings is 2. The summed E-state index contributed by atoms with van der Waals surface area (Å²) in [5, 5.41) is 3.32. The van der Waals surface area contributed by atoms with Crippen molar-refractivity contribution in [3.05, 3.63) is 59.0 Å². The third-order valence-corrected chi connectivity index (χ3v) is 5.78. The summed E-state index contributed by atoms with van der Waals surface area (Å²) in [5.74, 6) is 0.0515. The van der Waals surface area contributed by atoms with Gasteiger partial charge in [-0.2, -0.15) is 0 Å². The lowest BCUT2D eigenvalue weighted by atomic mass is 10.1. The molecule has 4 rings (SSSR count). The first-order chi connectivity index (χ1) is 15.0. The van der Waals surface area contributed by atoms with Crippen molar-refractivity contribution in [2.45, 2.75) is 26.7 Å². The van der Waals surface area contributed by atoms with Gasteiger partial charge in [0.2, 0.25) is 11.8 Å². The normalized spacial score (nSPS) is 13.5. The van der Waals surface area contributed by atoms with Gasteiger partial charge in [0.25, 0.3) is 5.91 Å². The molecule has 0 atom stereocenters. The van der Waals surface area contributed by atoms with E-state index >= 15 is 0 Å². The van der Waals surface area contributed by atoms with E-state index < -0.39 is 0 Å². The molecule has 1 aromatic heterocycles. The number of ether oxygens (including phenoxy) is 1. The Bertz CT molecular complexity index is 1120. The summed E-state index contributed by atoms with van der Waals surface area (Å²) >= 11 is 1.40. The highest BCUT2D eigenvalue weighted by Crippen LogP contribution is 2.31. The smallest absolute Gasteiger partial charge is 0.257 e. The number of imide groups is 1. The molecule has 8 heteroatoms. The molecule has 0 aliphatic carbocycles. The second kappa shape index (κ2) is 8.69.